The molecular weight excluding hydrogens is 178 g/mol. The molecule has 1 fully saturated rings. The van der Waals surface area contributed by atoms with Gasteiger partial charge in [-0.1, -0.05) is 0 Å². The molecule has 2 rings (SSSR count). The van der Waals surface area contributed by atoms with Crippen LogP contribution in [0.5, 0.6) is 5.88 Å². The standard InChI is InChI=1S/C6H4N3O4/c10-3-1-2(13-9-3)4-5(11)8-6(12)7-4/h4H,(H,9,10)(H2,7,8,11,12). The van der Waals surface area contributed by atoms with Gasteiger partial charge in [-0.25, -0.2) is 4.79 Å². The third kappa shape index (κ3) is 1.19. The SMILES string of the molecule is O=C1NC(=O)C(c2[c]c(O)no2)N1. The Morgan fingerprint density at radius 2 is 2.31 bits per heavy atom. The Balaban J connectivity index is 2.27. The van der Waals surface area contributed by atoms with Crippen molar-refractivity contribution in [1.29, 1.82) is 0 Å². The Morgan fingerprint density at radius 3 is 2.77 bits per heavy atom. The molecule has 0 aliphatic carbocycles. The van der Waals surface area contributed by atoms with Crippen molar-refractivity contribution in [3.8, 4) is 5.88 Å². The Hall–Kier alpha value is -2.05. The molecule has 0 saturated carbocycles. The first kappa shape index (κ1) is 7.59. The highest BCUT2D eigenvalue weighted by Gasteiger charge is 2.34. The molecule has 3 amide bonds. The summed E-state index contributed by atoms with van der Waals surface area (Å²) in [5.74, 6) is -1.04. The maximum atomic E-state index is 11.0. The summed E-state index contributed by atoms with van der Waals surface area (Å²) in [6.45, 7) is 0. The molecule has 1 saturated heterocycles. The van der Waals surface area contributed by atoms with Crippen molar-refractivity contribution >= 4 is 11.9 Å². The molecule has 1 radical (unpaired) electrons. The van der Waals surface area contributed by atoms with Crippen LogP contribution in [0.3, 0.4) is 0 Å². The largest absolute Gasteiger partial charge is 0.491 e. The summed E-state index contributed by atoms with van der Waals surface area (Å²) >= 11 is 0. The number of aromatic hydroxyl groups is 1. The number of hydrogen-bond donors (Lipinski definition) is 3. The zero-order valence-electron chi connectivity index (χ0n) is 6.20. The number of carbonyl (C=O) groups is 2. The number of urea groups is 1. The molecule has 7 nitrogen and oxygen atoms in total. The van der Waals surface area contributed by atoms with Crippen LogP contribution in [0.1, 0.15) is 11.8 Å². The van der Waals surface area contributed by atoms with Gasteiger partial charge in [0.15, 0.2) is 11.8 Å². The van der Waals surface area contributed by atoms with E-state index in [-0.39, 0.29) is 5.76 Å². The molecule has 1 aliphatic heterocycles. The average Bonchev–Trinajstić information content (AvgIpc) is 2.58. The lowest BCUT2D eigenvalue weighted by Gasteiger charge is -1.98. The third-order valence-electron chi connectivity index (χ3n) is 1.50. The van der Waals surface area contributed by atoms with E-state index in [0.29, 0.717) is 0 Å². The van der Waals surface area contributed by atoms with Crippen LogP contribution in [0, 0.1) is 6.07 Å². The highest BCUT2D eigenvalue weighted by molar-refractivity contribution is 6.04. The quantitative estimate of drug-likeness (QED) is 0.486. The molecule has 0 aromatic carbocycles. The van der Waals surface area contributed by atoms with Gasteiger partial charge in [-0.15, -0.1) is 0 Å². The number of amides is 3. The number of nitrogens with zero attached hydrogens (tertiary/aromatic N) is 1. The minimum absolute atomic E-state index is 0.0270. The summed E-state index contributed by atoms with van der Waals surface area (Å²) in [4.78, 5) is 21.7. The van der Waals surface area contributed by atoms with E-state index in [9.17, 15) is 9.59 Å². The van der Waals surface area contributed by atoms with E-state index in [0.717, 1.165) is 0 Å². The van der Waals surface area contributed by atoms with Crippen LogP contribution in [0.4, 0.5) is 4.79 Å². The third-order valence-corrected chi connectivity index (χ3v) is 1.50. The molecule has 1 aromatic heterocycles. The van der Waals surface area contributed by atoms with E-state index in [1.54, 1.807) is 0 Å². The van der Waals surface area contributed by atoms with Crippen LogP contribution in [-0.4, -0.2) is 22.2 Å². The molecule has 2 heterocycles. The van der Waals surface area contributed by atoms with E-state index in [1.165, 1.54) is 0 Å². The molecule has 3 N–H and O–H groups in total. The van der Waals surface area contributed by atoms with Crippen LogP contribution in [-0.2, 0) is 4.79 Å². The maximum absolute atomic E-state index is 11.0. The highest BCUT2D eigenvalue weighted by atomic mass is 16.5. The van der Waals surface area contributed by atoms with E-state index >= 15 is 0 Å². The molecule has 1 unspecified atom stereocenters. The Kier molecular flexibility index (Phi) is 1.44. The summed E-state index contributed by atoms with van der Waals surface area (Å²) in [7, 11) is 0. The normalized spacial score (nSPS) is 21.4. The minimum Gasteiger partial charge on any atom is -0.491 e. The molecule has 7 heteroatoms. The lowest BCUT2D eigenvalue weighted by atomic mass is 10.2. The lowest BCUT2D eigenvalue weighted by Crippen LogP contribution is -2.22. The fourth-order valence-electron chi connectivity index (χ4n) is 0.975. The number of hydrogen-bond acceptors (Lipinski definition) is 5. The molecule has 0 spiro atoms. The van der Waals surface area contributed by atoms with Gasteiger partial charge in [0.25, 0.3) is 11.8 Å². The summed E-state index contributed by atoms with van der Waals surface area (Å²) in [6, 6.07) is 0.702. The summed E-state index contributed by atoms with van der Waals surface area (Å²) in [6.07, 6.45) is 0. The summed E-state index contributed by atoms with van der Waals surface area (Å²) in [5.41, 5.74) is 0. The van der Waals surface area contributed by atoms with Crippen LogP contribution in [0.25, 0.3) is 0 Å². The first-order valence-corrected chi connectivity index (χ1v) is 3.36. The second kappa shape index (κ2) is 2.47. The smallest absolute Gasteiger partial charge is 0.322 e. The highest BCUT2D eigenvalue weighted by Crippen LogP contribution is 2.18. The predicted molar refractivity (Wildman–Crippen MR) is 36.4 cm³/mol. The predicted octanol–water partition coefficient (Wildman–Crippen LogP) is -0.939. The van der Waals surface area contributed by atoms with Crippen LogP contribution in [0.2, 0.25) is 0 Å². The van der Waals surface area contributed by atoms with Crippen molar-refractivity contribution in [3.63, 3.8) is 0 Å². The number of nitrogens with one attached hydrogen (secondary N) is 2. The van der Waals surface area contributed by atoms with Gasteiger partial charge in [0.2, 0.25) is 0 Å². The molecule has 67 valence electrons. The first-order valence-electron chi connectivity index (χ1n) is 3.36. The van der Waals surface area contributed by atoms with Gasteiger partial charge in [0.1, 0.15) is 6.07 Å². The summed E-state index contributed by atoms with van der Waals surface area (Å²) in [5, 5.41) is 16.1. The second-order valence-electron chi connectivity index (χ2n) is 2.39. The monoisotopic (exact) mass is 182 g/mol. The average molecular weight is 182 g/mol. The van der Waals surface area contributed by atoms with Gasteiger partial charge >= 0.3 is 6.03 Å². The molecule has 1 atom stereocenters. The molecule has 13 heavy (non-hydrogen) atoms. The van der Waals surface area contributed by atoms with E-state index in [2.05, 4.69) is 21.1 Å². The Bertz CT molecular complexity index is 372. The van der Waals surface area contributed by atoms with Crippen LogP contribution >= 0.6 is 0 Å². The Labute approximate surface area is 71.7 Å². The fraction of sp³-hybridized carbons (Fsp3) is 0.167. The zero-order valence-corrected chi connectivity index (χ0v) is 6.20. The minimum atomic E-state index is -0.958. The molecule has 1 aliphatic rings. The van der Waals surface area contributed by atoms with E-state index in [1.807, 2.05) is 5.32 Å². The van der Waals surface area contributed by atoms with Gasteiger partial charge in [0.05, 0.1) is 0 Å². The topological polar surface area (TPSA) is 104 Å². The van der Waals surface area contributed by atoms with Crippen molar-refractivity contribution < 1.29 is 19.2 Å². The van der Waals surface area contributed by atoms with Crippen molar-refractivity contribution in [2.75, 3.05) is 0 Å². The number of rotatable bonds is 1. The number of imide groups is 1. The molecular formula is C6H4N3O4. The van der Waals surface area contributed by atoms with Crippen molar-refractivity contribution in [2.24, 2.45) is 0 Å². The first-order chi connectivity index (χ1) is 6.16. The van der Waals surface area contributed by atoms with Crippen molar-refractivity contribution in [1.82, 2.24) is 15.8 Å². The zero-order chi connectivity index (χ0) is 9.42. The van der Waals surface area contributed by atoms with E-state index in [4.69, 9.17) is 5.11 Å². The summed E-state index contributed by atoms with van der Waals surface area (Å²) < 4.78 is 4.54. The Morgan fingerprint density at radius 1 is 1.54 bits per heavy atom. The van der Waals surface area contributed by atoms with Gasteiger partial charge in [-0.05, 0) is 5.16 Å². The van der Waals surface area contributed by atoms with Gasteiger partial charge in [-0.2, -0.15) is 0 Å². The molecule has 1 aromatic rings. The molecule has 0 bridgehead atoms. The van der Waals surface area contributed by atoms with Crippen LogP contribution < -0.4 is 10.6 Å². The number of aromatic nitrogens is 1. The van der Waals surface area contributed by atoms with E-state index < -0.39 is 23.9 Å². The lowest BCUT2D eigenvalue weighted by molar-refractivity contribution is -0.120. The van der Waals surface area contributed by atoms with Crippen molar-refractivity contribution in [2.45, 2.75) is 6.04 Å². The second-order valence-corrected chi connectivity index (χ2v) is 2.39. The number of carbonyl (C=O) groups excluding carboxylic acids is 2. The van der Waals surface area contributed by atoms with Crippen LogP contribution in [0.15, 0.2) is 4.52 Å². The van der Waals surface area contributed by atoms with Gasteiger partial charge < -0.3 is 14.9 Å². The van der Waals surface area contributed by atoms with Gasteiger partial charge in [-0.3, -0.25) is 10.1 Å². The fourth-order valence-corrected chi connectivity index (χ4v) is 0.975. The van der Waals surface area contributed by atoms with Gasteiger partial charge in [0, 0.05) is 0 Å². The maximum Gasteiger partial charge on any atom is 0.322 e. The van der Waals surface area contributed by atoms with Crippen molar-refractivity contribution in [3.05, 3.63) is 11.8 Å².